The Hall–Kier alpha value is -3.21. The van der Waals surface area contributed by atoms with Gasteiger partial charge in [-0.3, -0.25) is 9.59 Å². The fourth-order valence-electron chi connectivity index (χ4n) is 2.35. The van der Waals surface area contributed by atoms with Crippen molar-refractivity contribution < 1.29 is 9.59 Å². The van der Waals surface area contributed by atoms with E-state index in [-0.39, 0.29) is 11.8 Å². The van der Waals surface area contributed by atoms with Crippen LogP contribution in [-0.2, 0) is 4.79 Å². The van der Waals surface area contributed by atoms with Gasteiger partial charge in [-0.05, 0) is 23.6 Å². The molecule has 0 aliphatic rings. The first-order chi connectivity index (χ1) is 11.1. The fraction of sp³-hybridized carbons (Fsp3) is 0.0556. The molecule has 0 unspecified atom stereocenters. The van der Waals surface area contributed by atoms with E-state index in [4.69, 9.17) is 0 Å². The third-order valence-corrected chi connectivity index (χ3v) is 3.36. The number of carbonyl (C=O) groups is 2. The van der Waals surface area contributed by atoms with Gasteiger partial charge in [0.1, 0.15) is 5.82 Å². The molecule has 0 bridgehead atoms. The number of aromatic nitrogens is 1. The topological polar surface area (TPSA) is 71.1 Å². The largest absolute Gasteiger partial charge is 0.321 e. The van der Waals surface area contributed by atoms with Crippen molar-refractivity contribution in [3.05, 3.63) is 66.4 Å². The van der Waals surface area contributed by atoms with Gasteiger partial charge in [0, 0.05) is 29.8 Å². The summed E-state index contributed by atoms with van der Waals surface area (Å²) in [5.41, 5.74) is 1.17. The molecule has 3 aromatic rings. The molecular weight excluding hydrogens is 290 g/mol. The number of benzene rings is 2. The van der Waals surface area contributed by atoms with Crippen LogP contribution in [0.25, 0.3) is 10.8 Å². The molecule has 0 radical (unpaired) electrons. The number of rotatable bonds is 3. The van der Waals surface area contributed by atoms with E-state index in [0.717, 1.165) is 16.5 Å². The lowest BCUT2D eigenvalue weighted by Gasteiger charge is -2.09. The molecular formula is C18H15N3O2. The number of nitrogens with one attached hydrogen (secondary N) is 2. The first-order valence-electron chi connectivity index (χ1n) is 7.16. The van der Waals surface area contributed by atoms with E-state index in [0.29, 0.717) is 11.4 Å². The Kier molecular flexibility index (Phi) is 4.01. The van der Waals surface area contributed by atoms with Crippen molar-refractivity contribution in [1.29, 1.82) is 0 Å². The SMILES string of the molecule is CC(=O)Nc1cc(C(=O)Nc2cccc3ccccc23)ccn1. The highest BCUT2D eigenvalue weighted by atomic mass is 16.2. The van der Waals surface area contributed by atoms with Gasteiger partial charge >= 0.3 is 0 Å². The maximum atomic E-state index is 12.4. The van der Waals surface area contributed by atoms with Gasteiger partial charge in [0.05, 0.1) is 0 Å². The summed E-state index contributed by atoms with van der Waals surface area (Å²) in [6, 6.07) is 16.7. The summed E-state index contributed by atoms with van der Waals surface area (Å²) in [6.07, 6.45) is 1.49. The Balaban J connectivity index is 1.88. The van der Waals surface area contributed by atoms with Gasteiger partial charge in [-0.25, -0.2) is 4.98 Å². The Morgan fingerprint density at radius 3 is 2.57 bits per heavy atom. The second kappa shape index (κ2) is 6.27. The minimum Gasteiger partial charge on any atom is -0.321 e. The lowest BCUT2D eigenvalue weighted by atomic mass is 10.1. The molecule has 0 saturated carbocycles. The number of fused-ring (bicyclic) bond motifs is 1. The molecule has 5 nitrogen and oxygen atoms in total. The van der Waals surface area contributed by atoms with Crippen molar-refractivity contribution in [1.82, 2.24) is 4.98 Å². The molecule has 0 fully saturated rings. The summed E-state index contributed by atoms with van der Waals surface area (Å²) >= 11 is 0. The fourth-order valence-corrected chi connectivity index (χ4v) is 2.35. The van der Waals surface area contributed by atoms with Crippen LogP contribution in [0.3, 0.4) is 0 Å². The van der Waals surface area contributed by atoms with Gasteiger partial charge in [-0.1, -0.05) is 36.4 Å². The Morgan fingerprint density at radius 1 is 0.957 bits per heavy atom. The highest BCUT2D eigenvalue weighted by molar-refractivity contribution is 6.09. The standard InChI is InChI=1S/C18H15N3O2/c1-12(22)20-17-11-14(9-10-19-17)18(23)21-16-8-4-6-13-5-2-3-7-15(13)16/h2-11H,1H3,(H,21,23)(H,19,20,22). The van der Waals surface area contributed by atoms with E-state index >= 15 is 0 Å². The van der Waals surface area contributed by atoms with E-state index in [2.05, 4.69) is 15.6 Å². The minimum atomic E-state index is -0.254. The molecule has 0 aliphatic carbocycles. The van der Waals surface area contributed by atoms with Gasteiger partial charge in [-0.15, -0.1) is 0 Å². The lowest BCUT2D eigenvalue weighted by Crippen LogP contribution is -2.14. The molecule has 2 N–H and O–H groups in total. The summed E-state index contributed by atoms with van der Waals surface area (Å²) in [5.74, 6) is -0.137. The van der Waals surface area contributed by atoms with Crippen molar-refractivity contribution >= 4 is 34.1 Å². The smallest absolute Gasteiger partial charge is 0.255 e. The van der Waals surface area contributed by atoms with Gasteiger partial charge in [0.15, 0.2) is 0 Å². The van der Waals surface area contributed by atoms with Gasteiger partial charge in [-0.2, -0.15) is 0 Å². The van der Waals surface area contributed by atoms with Crippen LogP contribution in [0.2, 0.25) is 0 Å². The van der Waals surface area contributed by atoms with Crippen LogP contribution in [0.4, 0.5) is 11.5 Å². The van der Waals surface area contributed by atoms with Crippen LogP contribution in [0.1, 0.15) is 17.3 Å². The average Bonchev–Trinajstić information content (AvgIpc) is 2.55. The van der Waals surface area contributed by atoms with Crippen LogP contribution < -0.4 is 10.6 Å². The maximum absolute atomic E-state index is 12.4. The highest BCUT2D eigenvalue weighted by Crippen LogP contribution is 2.23. The summed E-state index contributed by atoms with van der Waals surface area (Å²) in [7, 11) is 0. The van der Waals surface area contributed by atoms with Crippen molar-refractivity contribution in [2.75, 3.05) is 10.6 Å². The molecule has 2 aromatic carbocycles. The number of pyridine rings is 1. The molecule has 23 heavy (non-hydrogen) atoms. The minimum absolute atomic E-state index is 0.232. The van der Waals surface area contributed by atoms with Crippen molar-refractivity contribution in [2.45, 2.75) is 6.92 Å². The zero-order chi connectivity index (χ0) is 16.2. The first-order valence-corrected chi connectivity index (χ1v) is 7.16. The Labute approximate surface area is 133 Å². The van der Waals surface area contributed by atoms with E-state index in [1.807, 2.05) is 42.5 Å². The summed E-state index contributed by atoms with van der Waals surface area (Å²) in [4.78, 5) is 27.5. The van der Waals surface area contributed by atoms with Crippen LogP contribution in [0.5, 0.6) is 0 Å². The van der Waals surface area contributed by atoms with Crippen molar-refractivity contribution in [2.24, 2.45) is 0 Å². The van der Waals surface area contributed by atoms with Crippen molar-refractivity contribution in [3.63, 3.8) is 0 Å². The molecule has 1 heterocycles. The van der Waals surface area contributed by atoms with E-state index in [9.17, 15) is 9.59 Å². The van der Waals surface area contributed by atoms with E-state index in [1.165, 1.54) is 13.1 Å². The number of hydrogen-bond donors (Lipinski definition) is 2. The van der Waals surface area contributed by atoms with Crippen molar-refractivity contribution in [3.8, 4) is 0 Å². The quantitative estimate of drug-likeness (QED) is 0.778. The van der Waals surface area contributed by atoms with Gasteiger partial charge in [0.2, 0.25) is 5.91 Å². The normalized spacial score (nSPS) is 10.3. The number of amides is 2. The molecule has 0 atom stereocenters. The predicted molar refractivity (Wildman–Crippen MR) is 90.4 cm³/mol. The number of anilines is 2. The second-order valence-corrected chi connectivity index (χ2v) is 5.09. The molecule has 0 spiro atoms. The van der Waals surface area contributed by atoms with Crippen LogP contribution in [0.15, 0.2) is 60.8 Å². The first kappa shape index (κ1) is 14.7. The molecule has 5 heteroatoms. The van der Waals surface area contributed by atoms with E-state index in [1.54, 1.807) is 12.1 Å². The number of hydrogen-bond acceptors (Lipinski definition) is 3. The molecule has 0 saturated heterocycles. The van der Waals surface area contributed by atoms with Crippen LogP contribution in [0, 0.1) is 0 Å². The predicted octanol–water partition coefficient (Wildman–Crippen LogP) is 3.45. The summed E-state index contributed by atoms with van der Waals surface area (Å²) < 4.78 is 0. The lowest BCUT2D eigenvalue weighted by molar-refractivity contribution is -0.114. The highest BCUT2D eigenvalue weighted by Gasteiger charge is 2.09. The van der Waals surface area contributed by atoms with Gasteiger partial charge in [0.25, 0.3) is 5.91 Å². The summed E-state index contributed by atoms with van der Waals surface area (Å²) in [6.45, 7) is 1.39. The Morgan fingerprint density at radius 2 is 1.74 bits per heavy atom. The second-order valence-electron chi connectivity index (χ2n) is 5.09. The van der Waals surface area contributed by atoms with Crippen LogP contribution >= 0.6 is 0 Å². The van der Waals surface area contributed by atoms with Crippen LogP contribution in [-0.4, -0.2) is 16.8 Å². The summed E-state index contributed by atoms with van der Waals surface area (Å²) in [5, 5.41) is 7.49. The Bertz CT molecular complexity index is 885. The molecule has 1 aromatic heterocycles. The maximum Gasteiger partial charge on any atom is 0.255 e. The molecule has 114 valence electrons. The van der Waals surface area contributed by atoms with Gasteiger partial charge < -0.3 is 10.6 Å². The monoisotopic (exact) mass is 305 g/mol. The third-order valence-electron chi connectivity index (χ3n) is 3.36. The molecule has 0 aliphatic heterocycles. The number of nitrogens with zero attached hydrogens (tertiary/aromatic N) is 1. The number of carbonyl (C=O) groups excluding carboxylic acids is 2. The molecule has 2 amide bonds. The average molecular weight is 305 g/mol. The zero-order valence-corrected chi connectivity index (χ0v) is 12.5. The zero-order valence-electron chi connectivity index (χ0n) is 12.5. The van der Waals surface area contributed by atoms with E-state index < -0.39 is 0 Å². The molecule has 3 rings (SSSR count). The third kappa shape index (κ3) is 3.35.